The third-order valence-electron chi connectivity index (χ3n) is 8.04. The zero-order chi connectivity index (χ0) is 30.2. The summed E-state index contributed by atoms with van der Waals surface area (Å²) in [6.07, 6.45) is 6.17. The lowest BCUT2D eigenvalue weighted by molar-refractivity contribution is 0.0548. The molecule has 2 amide bonds. The van der Waals surface area contributed by atoms with Crippen LogP contribution in [0.25, 0.3) is 11.3 Å². The summed E-state index contributed by atoms with van der Waals surface area (Å²) in [5.74, 6) is 0.613. The predicted molar refractivity (Wildman–Crippen MR) is 173 cm³/mol. The number of carbonyl (C=O) groups excluding carboxylic acids is 1. The predicted octanol–water partition coefficient (Wildman–Crippen LogP) is 7.99. The second-order valence-electron chi connectivity index (χ2n) is 12.5. The molecule has 2 aromatic carbocycles. The van der Waals surface area contributed by atoms with E-state index in [9.17, 15) is 4.79 Å². The van der Waals surface area contributed by atoms with E-state index in [1.54, 1.807) is 16.4 Å². The number of fused-ring (bicyclic) bond motifs is 1. The average molecular weight is 595 g/mol. The maximum absolute atomic E-state index is 13.1. The first-order chi connectivity index (χ1) is 20.6. The van der Waals surface area contributed by atoms with Gasteiger partial charge in [-0.2, -0.15) is 5.10 Å². The Hall–Kier alpha value is -4.08. The Morgan fingerprint density at radius 1 is 0.953 bits per heavy atom. The maximum Gasteiger partial charge on any atom is 0.324 e. The Morgan fingerprint density at radius 3 is 2.35 bits per heavy atom. The van der Waals surface area contributed by atoms with Gasteiger partial charge < -0.3 is 14.5 Å². The molecule has 0 unspecified atom stereocenters. The zero-order valence-electron chi connectivity index (χ0n) is 25.3. The van der Waals surface area contributed by atoms with Crippen LogP contribution in [-0.4, -0.2) is 38.4 Å². The normalized spacial score (nSPS) is 15.0. The van der Waals surface area contributed by atoms with E-state index in [1.165, 1.54) is 5.69 Å². The van der Waals surface area contributed by atoms with Gasteiger partial charge in [-0.1, -0.05) is 57.2 Å². The summed E-state index contributed by atoms with van der Waals surface area (Å²) in [4.78, 5) is 19.9. The van der Waals surface area contributed by atoms with E-state index in [0.717, 1.165) is 58.4 Å². The van der Waals surface area contributed by atoms with Gasteiger partial charge in [-0.3, -0.25) is 5.32 Å². The first kappa shape index (κ1) is 29.0. The number of hydrogen-bond acceptors (Lipinski definition) is 5. The minimum atomic E-state index is -0.325. The highest BCUT2D eigenvalue weighted by molar-refractivity contribution is 7.99. The lowest BCUT2D eigenvalue weighted by atomic mass is 9.79. The van der Waals surface area contributed by atoms with Crippen LogP contribution in [0.1, 0.15) is 57.5 Å². The van der Waals surface area contributed by atoms with Crippen molar-refractivity contribution in [1.82, 2.24) is 19.2 Å². The van der Waals surface area contributed by atoms with Crippen LogP contribution in [0.15, 0.2) is 88.9 Å². The van der Waals surface area contributed by atoms with Gasteiger partial charge in [0.2, 0.25) is 0 Å². The van der Waals surface area contributed by atoms with E-state index in [2.05, 4.69) is 66.0 Å². The van der Waals surface area contributed by atoms with Gasteiger partial charge in [0.15, 0.2) is 0 Å². The molecule has 8 nitrogen and oxygen atoms in total. The number of aromatic nitrogens is 4. The van der Waals surface area contributed by atoms with E-state index < -0.39 is 0 Å². The highest BCUT2D eigenvalue weighted by Crippen LogP contribution is 2.36. The molecule has 1 aliphatic heterocycles. The van der Waals surface area contributed by atoms with Crippen LogP contribution >= 0.6 is 11.8 Å². The van der Waals surface area contributed by atoms with Gasteiger partial charge in [0.25, 0.3) is 0 Å². The second kappa shape index (κ2) is 11.5. The van der Waals surface area contributed by atoms with Crippen LogP contribution < -0.4 is 10.6 Å². The van der Waals surface area contributed by atoms with Gasteiger partial charge >= 0.3 is 6.03 Å². The summed E-state index contributed by atoms with van der Waals surface area (Å²) in [5.41, 5.74) is 5.74. The van der Waals surface area contributed by atoms with Crippen molar-refractivity contribution in [3.05, 3.63) is 96.1 Å². The van der Waals surface area contributed by atoms with Gasteiger partial charge in [0, 0.05) is 63.7 Å². The number of imidazole rings is 1. The monoisotopic (exact) mass is 594 g/mol. The van der Waals surface area contributed by atoms with Gasteiger partial charge in [0.05, 0.1) is 11.4 Å². The molecular weight excluding hydrogens is 556 g/mol. The Labute approximate surface area is 256 Å². The lowest BCUT2D eigenvalue weighted by Crippen LogP contribution is -2.31. The van der Waals surface area contributed by atoms with Crippen molar-refractivity contribution in [2.24, 2.45) is 0 Å². The van der Waals surface area contributed by atoms with Crippen molar-refractivity contribution in [1.29, 1.82) is 0 Å². The zero-order valence-corrected chi connectivity index (χ0v) is 26.2. The van der Waals surface area contributed by atoms with Crippen molar-refractivity contribution >= 4 is 34.9 Å². The number of amides is 2. The largest absolute Gasteiger partial charge is 0.381 e. The number of nitrogens with zero attached hydrogens (tertiary/aromatic N) is 4. The van der Waals surface area contributed by atoms with Crippen molar-refractivity contribution in [3.8, 4) is 5.69 Å². The number of nitrogens with one attached hydrogen (secondary N) is 2. The van der Waals surface area contributed by atoms with Crippen LogP contribution in [0.3, 0.4) is 0 Å². The third kappa shape index (κ3) is 6.33. The van der Waals surface area contributed by atoms with Crippen molar-refractivity contribution in [2.45, 2.75) is 68.1 Å². The first-order valence-electron chi connectivity index (χ1n) is 14.7. The van der Waals surface area contributed by atoms with E-state index in [-0.39, 0.29) is 16.9 Å². The van der Waals surface area contributed by atoms with Gasteiger partial charge in [-0.05, 0) is 68.3 Å². The molecule has 43 heavy (non-hydrogen) atoms. The number of anilines is 2. The molecule has 4 heterocycles. The topological polar surface area (TPSA) is 85.5 Å². The molecule has 9 heteroatoms. The van der Waals surface area contributed by atoms with E-state index in [1.807, 2.05) is 67.7 Å². The molecule has 6 rings (SSSR count). The van der Waals surface area contributed by atoms with Crippen molar-refractivity contribution < 1.29 is 9.53 Å². The third-order valence-corrected chi connectivity index (χ3v) is 9.02. The van der Waals surface area contributed by atoms with Crippen molar-refractivity contribution in [2.75, 3.05) is 23.8 Å². The minimum Gasteiger partial charge on any atom is -0.381 e. The number of aryl methyl sites for hydroxylation is 1. The summed E-state index contributed by atoms with van der Waals surface area (Å²) in [6.45, 7) is 12.2. The number of urea groups is 1. The Balaban J connectivity index is 1.15. The number of hydrogen-bond donors (Lipinski definition) is 2. The summed E-state index contributed by atoms with van der Waals surface area (Å²) in [7, 11) is 0. The van der Waals surface area contributed by atoms with Crippen LogP contribution in [0.5, 0.6) is 0 Å². The fourth-order valence-corrected chi connectivity index (χ4v) is 6.13. The van der Waals surface area contributed by atoms with Crippen LogP contribution in [0, 0.1) is 6.92 Å². The fraction of sp³-hybridized carbons (Fsp3) is 0.324. The molecule has 1 fully saturated rings. The van der Waals surface area contributed by atoms with E-state index >= 15 is 0 Å². The second-order valence-corrected chi connectivity index (χ2v) is 13.7. The molecule has 0 aliphatic carbocycles. The highest BCUT2D eigenvalue weighted by Gasteiger charge is 2.32. The fourth-order valence-electron chi connectivity index (χ4n) is 5.29. The summed E-state index contributed by atoms with van der Waals surface area (Å²) in [5, 5.41) is 10.8. The van der Waals surface area contributed by atoms with E-state index in [0.29, 0.717) is 11.5 Å². The quantitative estimate of drug-likeness (QED) is 0.208. The number of rotatable bonds is 6. The molecule has 0 bridgehead atoms. The first-order valence-corrected chi connectivity index (χ1v) is 15.5. The summed E-state index contributed by atoms with van der Waals surface area (Å²) in [6, 6.07) is 21.8. The molecule has 1 aliphatic rings. The Morgan fingerprint density at radius 2 is 1.65 bits per heavy atom. The summed E-state index contributed by atoms with van der Waals surface area (Å²) >= 11 is 1.68. The number of benzene rings is 2. The molecular formula is C34H38N6O2S. The van der Waals surface area contributed by atoms with E-state index in [4.69, 9.17) is 9.84 Å². The van der Waals surface area contributed by atoms with Gasteiger partial charge in [0.1, 0.15) is 11.5 Å². The van der Waals surface area contributed by atoms with Gasteiger partial charge in [-0.25, -0.2) is 14.5 Å². The molecule has 1 saturated heterocycles. The number of ether oxygens (including phenoxy) is 1. The maximum atomic E-state index is 13.1. The molecule has 5 aromatic rings. The van der Waals surface area contributed by atoms with Crippen LogP contribution in [-0.2, 0) is 15.6 Å². The highest BCUT2D eigenvalue weighted by atomic mass is 32.2. The van der Waals surface area contributed by atoms with Crippen LogP contribution in [0.4, 0.5) is 16.3 Å². The van der Waals surface area contributed by atoms with Crippen molar-refractivity contribution in [3.63, 3.8) is 0 Å². The van der Waals surface area contributed by atoms with Gasteiger partial charge in [-0.15, -0.1) is 0 Å². The summed E-state index contributed by atoms with van der Waals surface area (Å²) < 4.78 is 9.62. The van der Waals surface area contributed by atoms with Crippen LogP contribution in [0.2, 0.25) is 0 Å². The molecule has 0 saturated carbocycles. The molecule has 2 N–H and O–H groups in total. The molecule has 0 spiro atoms. The smallest absolute Gasteiger partial charge is 0.324 e. The number of carbonyl (C=O) groups is 1. The average Bonchev–Trinajstić information content (AvgIpc) is 3.60. The molecule has 222 valence electrons. The SMILES string of the molecule is Cc1ccc(-n2nc(C(C)(C)C)cc2NC(=O)Nc2ccc(Sc3ccc4ncc(C5(C)CCOCC5)n4c3)cc2)cc1. The Kier molecular flexibility index (Phi) is 7.79. The number of pyridine rings is 1. The molecule has 0 atom stereocenters. The molecule has 3 aromatic heterocycles. The Bertz CT molecular complexity index is 1740. The molecule has 0 radical (unpaired) electrons. The standard InChI is InChI=1S/C34H38N6O2S/c1-23-6-10-25(11-7-23)40-31(20-28(38-40)33(2,3)4)37-32(41)36-24-8-12-26(13-9-24)43-27-14-15-30-35-21-29(39(30)22-27)34(5)16-18-42-19-17-34/h6-15,20-22H,16-19H2,1-5H3,(H2,36,37,41). The lowest BCUT2D eigenvalue weighted by Gasteiger charge is -2.33. The minimum absolute atomic E-state index is 0.0565.